The zero-order valence-electron chi connectivity index (χ0n) is 23.0. The van der Waals surface area contributed by atoms with Crippen LogP contribution in [-0.2, 0) is 0 Å². The van der Waals surface area contributed by atoms with Crippen LogP contribution >= 0.6 is 0 Å². The van der Waals surface area contributed by atoms with E-state index < -0.39 is 0 Å². The fraction of sp³-hybridized carbons (Fsp3) is 0. The molecular weight excluding hydrogens is 504 g/mol. The monoisotopic (exact) mass is 530 g/mol. The predicted octanol–water partition coefficient (Wildman–Crippen LogP) is 11.9. The third-order valence-electron chi connectivity index (χ3n) is 9.00. The van der Waals surface area contributed by atoms with Gasteiger partial charge in [0.25, 0.3) is 0 Å². The Balaban J connectivity index is 1.18. The van der Waals surface area contributed by atoms with Crippen molar-refractivity contribution in [2.24, 2.45) is 0 Å². The van der Waals surface area contributed by atoms with Crippen molar-refractivity contribution >= 4 is 64.6 Å². The summed E-state index contributed by atoms with van der Waals surface area (Å²) in [5.41, 5.74) is 4.99. The Hall–Kier alpha value is -5.46. The second kappa shape index (κ2) is 9.03. The highest BCUT2D eigenvalue weighted by Crippen LogP contribution is 2.36. The Morgan fingerprint density at radius 1 is 0.190 bits per heavy atom. The lowest BCUT2D eigenvalue weighted by molar-refractivity contribution is 1.67. The average molecular weight is 531 g/mol. The maximum atomic E-state index is 2.37. The summed E-state index contributed by atoms with van der Waals surface area (Å²) in [4.78, 5) is 0. The summed E-state index contributed by atoms with van der Waals surface area (Å²) >= 11 is 0. The minimum atomic E-state index is 1.24. The van der Waals surface area contributed by atoms with Crippen molar-refractivity contribution < 1.29 is 0 Å². The SMILES string of the molecule is c1ccc2cc(-c3ccc4ccc5cc(-c6ccc7ccc8c9ccccc9ccc8c7c6)ccc5c4c3)ccc2c1. The van der Waals surface area contributed by atoms with Gasteiger partial charge in [-0.3, -0.25) is 0 Å². The average Bonchev–Trinajstić information content (AvgIpc) is 3.07. The van der Waals surface area contributed by atoms with E-state index >= 15 is 0 Å². The Kier molecular flexibility index (Phi) is 5.00. The molecule has 0 atom stereocenters. The van der Waals surface area contributed by atoms with Crippen molar-refractivity contribution in [1.29, 1.82) is 0 Å². The quantitative estimate of drug-likeness (QED) is 0.195. The van der Waals surface area contributed by atoms with E-state index in [0.29, 0.717) is 0 Å². The third kappa shape index (κ3) is 3.62. The smallest absolute Gasteiger partial charge is 0.00987 e. The first-order valence-corrected chi connectivity index (χ1v) is 14.6. The van der Waals surface area contributed by atoms with Gasteiger partial charge in [0, 0.05) is 0 Å². The summed E-state index contributed by atoms with van der Waals surface area (Å²) in [5, 5.41) is 15.4. The molecule has 0 radical (unpaired) electrons. The summed E-state index contributed by atoms with van der Waals surface area (Å²) in [6.45, 7) is 0. The number of hydrogen-bond acceptors (Lipinski definition) is 0. The van der Waals surface area contributed by atoms with Crippen molar-refractivity contribution in [1.82, 2.24) is 0 Å². The van der Waals surface area contributed by atoms with Crippen LogP contribution < -0.4 is 0 Å². The summed E-state index contributed by atoms with van der Waals surface area (Å²) < 4.78 is 0. The molecule has 0 saturated heterocycles. The number of benzene rings is 9. The second-order valence-electron chi connectivity index (χ2n) is 11.4. The highest BCUT2D eigenvalue weighted by atomic mass is 14.1. The minimum Gasteiger partial charge on any atom is -0.0616 e. The molecule has 42 heavy (non-hydrogen) atoms. The van der Waals surface area contributed by atoms with Crippen LogP contribution in [0.1, 0.15) is 0 Å². The molecule has 9 aromatic carbocycles. The molecule has 194 valence electrons. The van der Waals surface area contributed by atoms with Gasteiger partial charge in [-0.05, 0) is 111 Å². The van der Waals surface area contributed by atoms with Gasteiger partial charge in [-0.25, -0.2) is 0 Å². The molecule has 0 fully saturated rings. The highest BCUT2D eigenvalue weighted by molar-refractivity contribution is 6.18. The Morgan fingerprint density at radius 2 is 0.571 bits per heavy atom. The lowest BCUT2D eigenvalue weighted by Gasteiger charge is -2.12. The van der Waals surface area contributed by atoms with Crippen LogP contribution in [0.15, 0.2) is 158 Å². The summed E-state index contributed by atoms with van der Waals surface area (Å²) in [5.74, 6) is 0. The van der Waals surface area contributed by atoms with Crippen LogP contribution in [-0.4, -0.2) is 0 Å². The molecule has 0 amide bonds. The van der Waals surface area contributed by atoms with E-state index in [0.717, 1.165) is 0 Å². The third-order valence-corrected chi connectivity index (χ3v) is 9.00. The van der Waals surface area contributed by atoms with E-state index in [1.165, 1.54) is 86.9 Å². The normalized spacial score (nSPS) is 11.8. The van der Waals surface area contributed by atoms with Crippen LogP contribution in [0.2, 0.25) is 0 Å². The minimum absolute atomic E-state index is 1.24. The Labute approximate surface area is 244 Å². The molecule has 0 heterocycles. The van der Waals surface area contributed by atoms with Crippen LogP contribution in [0, 0.1) is 0 Å². The largest absolute Gasteiger partial charge is 0.0616 e. The van der Waals surface area contributed by atoms with Crippen LogP contribution in [0.25, 0.3) is 86.9 Å². The van der Waals surface area contributed by atoms with Crippen LogP contribution in [0.3, 0.4) is 0 Å². The molecule has 0 N–H and O–H groups in total. The first kappa shape index (κ1) is 23.3. The molecule has 9 aromatic rings. The van der Waals surface area contributed by atoms with Gasteiger partial charge < -0.3 is 0 Å². The number of fused-ring (bicyclic) bond motifs is 9. The standard InChI is InChI=1S/C42H26/c1-2-7-31-23-32(13-9-27(31)5-1)34-14-10-29-12-16-36-24-33(19-20-38(36)41(29)25-34)35-15-11-30-18-21-39-37-8-4-3-6-28(37)17-22-40(39)42(30)26-35/h1-26H. The molecule has 0 unspecified atom stereocenters. The molecule has 0 spiro atoms. The van der Waals surface area contributed by atoms with Crippen molar-refractivity contribution in [2.75, 3.05) is 0 Å². The number of hydrogen-bond donors (Lipinski definition) is 0. The van der Waals surface area contributed by atoms with Crippen molar-refractivity contribution in [3.8, 4) is 22.3 Å². The second-order valence-corrected chi connectivity index (χ2v) is 11.4. The first-order valence-electron chi connectivity index (χ1n) is 14.6. The molecule has 0 heteroatoms. The van der Waals surface area contributed by atoms with Gasteiger partial charge >= 0.3 is 0 Å². The van der Waals surface area contributed by atoms with E-state index in [-0.39, 0.29) is 0 Å². The predicted molar refractivity (Wildman–Crippen MR) is 182 cm³/mol. The molecule has 0 aliphatic heterocycles. The van der Waals surface area contributed by atoms with Gasteiger partial charge in [-0.1, -0.05) is 133 Å². The topological polar surface area (TPSA) is 0 Å². The molecule has 0 aliphatic carbocycles. The summed E-state index contributed by atoms with van der Waals surface area (Å²) in [7, 11) is 0. The number of rotatable bonds is 2. The summed E-state index contributed by atoms with van der Waals surface area (Å²) in [6.07, 6.45) is 0. The summed E-state index contributed by atoms with van der Waals surface area (Å²) in [6, 6.07) is 58.2. The van der Waals surface area contributed by atoms with Crippen molar-refractivity contribution in [2.45, 2.75) is 0 Å². The highest BCUT2D eigenvalue weighted by Gasteiger charge is 2.09. The lowest BCUT2D eigenvalue weighted by Crippen LogP contribution is -1.85. The lowest BCUT2D eigenvalue weighted by atomic mass is 9.92. The maximum Gasteiger partial charge on any atom is -0.00987 e. The Morgan fingerprint density at radius 3 is 1.31 bits per heavy atom. The fourth-order valence-electron chi connectivity index (χ4n) is 6.79. The van der Waals surface area contributed by atoms with Gasteiger partial charge in [-0.2, -0.15) is 0 Å². The van der Waals surface area contributed by atoms with Gasteiger partial charge in [0.1, 0.15) is 0 Å². The van der Waals surface area contributed by atoms with Crippen molar-refractivity contribution in [3.05, 3.63) is 158 Å². The van der Waals surface area contributed by atoms with Gasteiger partial charge in [0.05, 0.1) is 0 Å². The Bertz CT molecular complexity index is 2510. The van der Waals surface area contributed by atoms with Crippen LogP contribution in [0.5, 0.6) is 0 Å². The van der Waals surface area contributed by atoms with E-state index in [1.807, 2.05) is 0 Å². The molecule has 9 rings (SSSR count). The molecular formula is C42H26. The van der Waals surface area contributed by atoms with Crippen molar-refractivity contribution in [3.63, 3.8) is 0 Å². The first-order chi connectivity index (χ1) is 20.8. The van der Waals surface area contributed by atoms with Crippen LogP contribution in [0.4, 0.5) is 0 Å². The molecule has 0 nitrogen and oxygen atoms in total. The van der Waals surface area contributed by atoms with Gasteiger partial charge in [-0.15, -0.1) is 0 Å². The van der Waals surface area contributed by atoms with Gasteiger partial charge in [0.15, 0.2) is 0 Å². The fourth-order valence-corrected chi connectivity index (χ4v) is 6.79. The maximum absolute atomic E-state index is 2.37. The zero-order chi connectivity index (χ0) is 27.6. The van der Waals surface area contributed by atoms with E-state index in [9.17, 15) is 0 Å². The molecule has 0 aromatic heterocycles. The van der Waals surface area contributed by atoms with E-state index in [2.05, 4.69) is 158 Å². The van der Waals surface area contributed by atoms with Gasteiger partial charge in [0.2, 0.25) is 0 Å². The van der Waals surface area contributed by atoms with E-state index in [1.54, 1.807) is 0 Å². The van der Waals surface area contributed by atoms with E-state index in [4.69, 9.17) is 0 Å². The molecule has 0 aliphatic rings. The molecule has 0 saturated carbocycles. The molecule has 0 bridgehead atoms. The zero-order valence-corrected chi connectivity index (χ0v) is 23.0.